The zero-order chi connectivity index (χ0) is 11.3. The van der Waals surface area contributed by atoms with E-state index < -0.39 is 0 Å². The van der Waals surface area contributed by atoms with Crippen molar-refractivity contribution in [2.45, 2.75) is 13.8 Å². The lowest BCUT2D eigenvalue weighted by atomic mass is 10.2. The van der Waals surface area contributed by atoms with E-state index in [1.54, 1.807) is 0 Å². The Bertz CT molecular complexity index is 295. The summed E-state index contributed by atoms with van der Waals surface area (Å²) in [5, 5.41) is 3.07. The third-order valence-electron chi connectivity index (χ3n) is 1.63. The van der Waals surface area contributed by atoms with E-state index >= 15 is 0 Å². The Balaban J connectivity index is 2.77. The van der Waals surface area contributed by atoms with Crippen molar-refractivity contribution in [2.24, 2.45) is 5.92 Å². The van der Waals surface area contributed by atoms with Gasteiger partial charge in [0.05, 0.1) is 14.2 Å². The maximum atomic E-state index is 4.92. The molecule has 0 fully saturated rings. The summed E-state index contributed by atoms with van der Waals surface area (Å²) >= 11 is 0. The molecule has 0 radical (unpaired) electrons. The van der Waals surface area contributed by atoms with E-state index in [2.05, 4.69) is 34.1 Å². The summed E-state index contributed by atoms with van der Waals surface area (Å²) < 4.78 is 9.84. The maximum absolute atomic E-state index is 4.92. The number of hydrogen-bond donors (Lipinski definition) is 1. The van der Waals surface area contributed by atoms with Crippen LogP contribution in [0.4, 0.5) is 5.95 Å². The molecular weight excluding hydrogens is 196 g/mol. The average molecular weight is 212 g/mol. The predicted octanol–water partition coefficient (Wildman–Crippen LogP) is 0.957. The van der Waals surface area contributed by atoms with Gasteiger partial charge in [0.1, 0.15) is 0 Å². The molecule has 15 heavy (non-hydrogen) atoms. The van der Waals surface area contributed by atoms with Gasteiger partial charge in [0.2, 0.25) is 5.95 Å². The number of anilines is 1. The summed E-state index contributed by atoms with van der Waals surface area (Å²) in [6.45, 7) is 4.99. The third kappa shape index (κ3) is 3.57. The van der Waals surface area contributed by atoms with Gasteiger partial charge < -0.3 is 14.8 Å². The van der Waals surface area contributed by atoms with Crippen LogP contribution in [-0.4, -0.2) is 35.7 Å². The summed E-state index contributed by atoms with van der Waals surface area (Å²) in [6.07, 6.45) is 0. The zero-order valence-electron chi connectivity index (χ0n) is 9.44. The molecule has 0 amide bonds. The van der Waals surface area contributed by atoms with E-state index in [9.17, 15) is 0 Å². The first-order valence-electron chi connectivity index (χ1n) is 4.73. The maximum Gasteiger partial charge on any atom is 0.324 e. The molecule has 0 atom stereocenters. The molecular formula is C9H16N4O2. The van der Waals surface area contributed by atoms with E-state index in [0.717, 1.165) is 6.54 Å². The highest BCUT2D eigenvalue weighted by Crippen LogP contribution is 2.12. The van der Waals surface area contributed by atoms with Gasteiger partial charge in [-0.3, -0.25) is 0 Å². The van der Waals surface area contributed by atoms with Crippen LogP contribution in [0.2, 0.25) is 0 Å². The number of ether oxygens (including phenoxy) is 2. The minimum atomic E-state index is 0.244. The summed E-state index contributed by atoms with van der Waals surface area (Å²) in [5.41, 5.74) is 0. The van der Waals surface area contributed by atoms with E-state index in [4.69, 9.17) is 9.47 Å². The average Bonchev–Trinajstić information content (AvgIpc) is 2.25. The van der Waals surface area contributed by atoms with Gasteiger partial charge in [0.15, 0.2) is 0 Å². The van der Waals surface area contributed by atoms with Gasteiger partial charge in [-0.05, 0) is 5.92 Å². The molecule has 0 saturated carbocycles. The standard InChI is InChI=1S/C9H16N4O2/c1-6(2)5-10-7-11-8(14-3)13-9(12-7)15-4/h6H,5H2,1-4H3,(H,10,11,12,13). The second kappa shape index (κ2) is 5.33. The van der Waals surface area contributed by atoms with Gasteiger partial charge in [-0.25, -0.2) is 0 Å². The summed E-state index contributed by atoms with van der Waals surface area (Å²) in [7, 11) is 3.00. The van der Waals surface area contributed by atoms with Crippen molar-refractivity contribution in [2.75, 3.05) is 26.1 Å². The molecule has 0 bridgehead atoms. The number of nitrogens with one attached hydrogen (secondary N) is 1. The second-order valence-corrected chi connectivity index (χ2v) is 3.41. The van der Waals surface area contributed by atoms with Crippen molar-refractivity contribution in [1.82, 2.24) is 15.0 Å². The molecule has 0 aliphatic carbocycles. The van der Waals surface area contributed by atoms with Crippen molar-refractivity contribution in [3.05, 3.63) is 0 Å². The van der Waals surface area contributed by atoms with Gasteiger partial charge >= 0.3 is 12.0 Å². The first-order valence-corrected chi connectivity index (χ1v) is 4.73. The van der Waals surface area contributed by atoms with Crippen molar-refractivity contribution in [3.8, 4) is 12.0 Å². The van der Waals surface area contributed by atoms with Crippen LogP contribution >= 0.6 is 0 Å². The number of rotatable bonds is 5. The van der Waals surface area contributed by atoms with Crippen LogP contribution in [0.3, 0.4) is 0 Å². The topological polar surface area (TPSA) is 69.2 Å². The largest absolute Gasteiger partial charge is 0.467 e. The lowest BCUT2D eigenvalue weighted by molar-refractivity contribution is 0.341. The van der Waals surface area contributed by atoms with Crippen molar-refractivity contribution in [3.63, 3.8) is 0 Å². The molecule has 0 aromatic carbocycles. The molecule has 1 rings (SSSR count). The first kappa shape index (κ1) is 11.5. The lowest BCUT2D eigenvalue weighted by Gasteiger charge is -2.08. The zero-order valence-corrected chi connectivity index (χ0v) is 9.44. The van der Waals surface area contributed by atoms with Crippen LogP contribution in [-0.2, 0) is 0 Å². The van der Waals surface area contributed by atoms with Gasteiger partial charge in [-0.15, -0.1) is 4.98 Å². The molecule has 1 heterocycles. The Morgan fingerprint density at radius 1 is 1.07 bits per heavy atom. The molecule has 0 saturated heterocycles. The number of methoxy groups -OCH3 is 2. The predicted molar refractivity (Wildman–Crippen MR) is 56.3 cm³/mol. The first-order chi connectivity index (χ1) is 7.15. The SMILES string of the molecule is COc1nc(NCC(C)C)nc(OC)n1. The molecule has 0 spiro atoms. The second-order valence-electron chi connectivity index (χ2n) is 3.41. The molecule has 1 aromatic rings. The van der Waals surface area contributed by atoms with E-state index in [1.807, 2.05) is 0 Å². The van der Waals surface area contributed by atoms with Gasteiger partial charge in [-0.2, -0.15) is 9.97 Å². The molecule has 0 unspecified atom stereocenters. The summed E-state index contributed by atoms with van der Waals surface area (Å²) in [5.74, 6) is 0.978. The number of nitrogens with zero attached hydrogens (tertiary/aromatic N) is 3. The van der Waals surface area contributed by atoms with Crippen LogP contribution in [0.1, 0.15) is 13.8 Å². The van der Waals surface area contributed by atoms with E-state index in [1.165, 1.54) is 14.2 Å². The van der Waals surface area contributed by atoms with Crippen molar-refractivity contribution in [1.29, 1.82) is 0 Å². The quantitative estimate of drug-likeness (QED) is 0.783. The Labute approximate surface area is 89.1 Å². The fraction of sp³-hybridized carbons (Fsp3) is 0.667. The van der Waals surface area contributed by atoms with E-state index in [-0.39, 0.29) is 12.0 Å². The number of hydrogen-bond acceptors (Lipinski definition) is 6. The summed E-state index contributed by atoms with van der Waals surface area (Å²) in [6, 6.07) is 0.487. The van der Waals surface area contributed by atoms with E-state index in [0.29, 0.717) is 11.9 Å². The minimum absolute atomic E-state index is 0.244. The van der Waals surface area contributed by atoms with Crippen LogP contribution in [0, 0.1) is 5.92 Å². The summed E-state index contributed by atoms with van der Waals surface area (Å²) in [4.78, 5) is 12.0. The molecule has 84 valence electrons. The molecule has 0 aliphatic heterocycles. The normalized spacial score (nSPS) is 10.2. The number of aromatic nitrogens is 3. The van der Waals surface area contributed by atoms with Gasteiger partial charge in [0.25, 0.3) is 0 Å². The Morgan fingerprint density at radius 2 is 1.60 bits per heavy atom. The highest BCUT2D eigenvalue weighted by atomic mass is 16.5. The van der Waals surface area contributed by atoms with Gasteiger partial charge in [0, 0.05) is 6.54 Å². The highest BCUT2D eigenvalue weighted by molar-refractivity contribution is 5.27. The highest BCUT2D eigenvalue weighted by Gasteiger charge is 2.06. The minimum Gasteiger partial charge on any atom is -0.467 e. The molecule has 1 N–H and O–H groups in total. The monoisotopic (exact) mass is 212 g/mol. The van der Waals surface area contributed by atoms with Crippen LogP contribution in [0.15, 0.2) is 0 Å². The Morgan fingerprint density at radius 3 is 2.00 bits per heavy atom. The third-order valence-corrected chi connectivity index (χ3v) is 1.63. The Kier molecular flexibility index (Phi) is 4.08. The molecule has 1 aromatic heterocycles. The van der Waals surface area contributed by atoms with Crippen molar-refractivity contribution < 1.29 is 9.47 Å². The molecule has 6 nitrogen and oxygen atoms in total. The van der Waals surface area contributed by atoms with Crippen molar-refractivity contribution >= 4 is 5.95 Å². The molecule has 6 heteroatoms. The fourth-order valence-corrected chi connectivity index (χ4v) is 0.895. The Hall–Kier alpha value is -1.59. The molecule has 0 aliphatic rings. The van der Waals surface area contributed by atoms with Crippen LogP contribution in [0.25, 0.3) is 0 Å². The van der Waals surface area contributed by atoms with Gasteiger partial charge in [-0.1, -0.05) is 13.8 Å². The van der Waals surface area contributed by atoms with Crippen LogP contribution in [0.5, 0.6) is 12.0 Å². The smallest absolute Gasteiger partial charge is 0.324 e. The fourth-order valence-electron chi connectivity index (χ4n) is 0.895. The van der Waals surface area contributed by atoms with Crippen LogP contribution < -0.4 is 14.8 Å². The lowest BCUT2D eigenvalue weighted by Crippen LogP contribution is -2.12.